The van der Waals surface area contributed by atoms with Gasteiger partial charge < -0.3 is 10.1 Å². The van der Waals surface area contributed by atoms with E-state index in [0.717, 1.165) is 23.5 Å². The molecule has 2 rings (SSSR count). The number of pyridine rings is 1. The molecule has 0 saturated carbocycles. The van der Waals surface area contributed by atoms with Crippen LogP contribution in [0.1, 0.15) is 0 Å². The van der Waals surface area contributed by atoms with Crippen LogP contribution in [0, 0.1) is 0 Å². The van der Waals surface area contributed by atoms with Crippen molar-refractivity contribution in [1.29, 1.82) is 0 Å². The van der Waals surface area contributed by atoms with Gasteiger partial charge in [0.15, 0.2) is 0 Å². The third kappa shape index (κ3) is 1.76. The third-order valence-corrected chi connectivity index (χ3v) is 2.21. The SMILES string of the molecule is Brc1ccnc(NC2COC2)c1. The lowest BCUT2D eigenvalue weighted by atomic mass is 10.2. The summed E-state index contributed by atoms with van der Waals surface area (Å²) in [6, 6.07) is 4.30. The molecule has 4 heteroatoms. The number of nitrogens with zero attached hydrogens (tertiary/aromatic N) is 1. The van der Waals surface area contributed by atoms with Gasteiger partial charge in [0, 0.05) is 10.7 Å². The monoisotopic (exact) mass is 228 g/mol. The summed E-state index contributed by atoms with van der Waals surface area (Å²) >= 11 is 3.38. The second kappa shape index (κ2) is 3.41. The number of nitrogens with one attached hydrogen (secondary N) is 1. The summed E-state index contributed by atoms with van der Waals surface area (Å²) in [5.74, 6) is 0.901. The Labute approximate surface area is 79.3 Å². The van der Waals surface area contributed by atoms with Crippen LogP contribution in [0.2, 0.25) is 0 Å². The highest BCUT2D eigenvalue weighted by molar-refractivity contribution is 9.10. The Balaban J connectivity index is 2.02. The molecule has 0 atom stereocenters. The maximum Gasteiger partial charge on any atom is 0.127 e. The van der Waals surface area contributed by atoms with Crippen molar-refractivity contribution in [2.45, 2.75) is 6.04 Å². The lowest BCUT2D eigenvalue weighted by Crippen LogP contribution is -2.40. The molecule has 64 valence electrons. The number of ether oxygens (including phenoxy) is 1. The van der Waals surface area contributed by atoms with E-state index in [-0.39, 0.29) is 0 Å². The maximum absolute atomic E-state index is 5.04. The minimum Gasteiger partial charge on any atom is -0.377 e. The second-order valence-corrected chi connectivity index (χ2v) is 3.65. The molecule has 1 aliphatic heterocycles. The second-order valence-electron chi connectivity index (χ2n) is 2.74. The number of hydrogen-bond donors (Lipinski definition) is 1. The number of rotatable bonds is 2. The number of aromatic nitrogens is 1. The summed E-state index contributed by atoms with van der Waals surface area (Å²) < 4.78 is 6.08. The number of hydrogen-bond acceptors (Lipinski definition) is 3. The first-order valence-corrected chi connectivity index (χ1v) is 4.60. The van der Waals surface area contributed by atoms with Crippen LogP contribution in [0.5, 0.6) is 0 Å². The quantitative estimate of drug-likeness (QED) is 0.837. The molecule has 12 heavy (non-hydrogen) atoms. The van der Waals surface area contributed by atoms with Crippen LogP contribution in [0.4, 0.5) is 5.82 Å². The van der Waals surface area contributed by atoms with Gasteiger partial charge in [0.2, 0.25) is 0 Å². The molecule has 0 aromatic carbocycles. The average molecular weight is 229 g/mol. The Morgan fingerprint density at radius 1 is 1.58 bits per heavy atom. The van der Waals surface area contributed by atoms with Crippen LogP contribution in [0.15, 0.2) is 22.8 Å². The van der Waals surface area contributed by atoms with Gasteiger partial charge in [-0.25, -0.2) is 4.98 Å². The van der Waals surface area contributed by atoms with Gasteiger partial charge in [-0.2, -0.15) is 0 Å². The van der Waals surface area contributed by atoms with Gasteiger partial charge >= 0.3 is 0 Å². The van der Waals surface area contributed by atoms with E-state index in [1.54, 1.807) is 6.20 Å². The molecule has 0 bridgehead atoms. The fourth-order valence-corrected chi connectivity index (χ4v) is 1.35. The van der Waals surface area contributed by atoms with Gasteiger partial charge in [0.05, 0.1) is 19.3 Å². The molecular weight excluding hydrogens is 220 g/mol. The van der Waals surface area contributed by atoms with E-state index in [0.29, 0.717) is 6.04 Å². The first-order chi connectivity index (χ1) is 5.84. The fourth-order valence-electron chi connectivity index (χ4n) is 1.01. The molecule has 3 nitrogen and oxygen atoms in total. The standard InChI is InChI=1S/C8H9BrN2O/c9-6-1-2-10-8(3-6)11-7-4-12-5-7/h1-3,7H,4-5H2,(H,10,11). The van der Waals surface area contributed by atoms with Crippen LogP contribution in [-0.4, -0.2) is 24.2 Å². The van der Waals surface area contributed by atoms with Crippen molar-refractivity contribution >= 4 is 21.7 Å². The lowest BCUT2D eigenvalue weighted by molar-refractivity contribution is 0.0209. The molecule has 0 spiro atoms. The van der Waals surface area contributed by atoms with Crippen LogP contribution >= 0.6 is 15.9 Å². The summed E-state index contributed by atoms with van der Waals surface area (Å²) in [7, 11) is 0. The summed E-state index contributed by atoms with van der Waals surface area (Å²) in [4.78, 5) is 4.16. The van der Waals surface area contributed by atoms with Gasteiger partial charge in [-0.3, -0.25) is 0 Å². The van der Waals surface area contributed by atoms with Crippen molar-refractivity contribution in [3.63, 3.8) is 0 Å². The van der Waals surface area contributed by atoms with E-state index in [4.69, 9.17) is 4.74 Å². The Morgan fingerprint density at radius 3 is 3.00 bits per heavy atom. The van der Waals surface area contributed by atoms with Crippen molar-refractivity contribution < 1.29 is 4.74 Å². The lowest BCUT2D eigenvalue weighted by Gasteiger charge is -2.27. The molecule has 1 saturated heterocycles. The van der Waals surface area contributed by atoms with Crippen LogP contribution in [0.25, 0.3) is 0 Å². The molecule has 0 radical (unpaired) electrons. The maximum atomic E-state index is 5.04. The Bertz CT molecular complexity index is 276. The fraction of sp³-hybridized carbons (Fsp3) is 0.375. The predicted octanol–water partition coefficient (Wildman–Crippen LogP) is 1.65. The minimum absolute atomic E-state index is 0.437. The molecule has 2 heterocycles. The first-order valence-electron chi connectivity index (χ1n) is 3.80. The molecule has 1 aliphatic rings. The molecule has 1 fully saturated rings. The van der Waals surface area contributed by atoms with Gasteiger partial charge in [0.1, 0.15) is 5.82 Å². The Hall–Kier alpha value is -0.610. The van der Waals surface area contributed by atoms with E-state index in [2.05, 4.69) is 26.2 Å². The molecule has 0 aliphatic carbocycles. The first kappa shape index (κ1) is 8.01. The summed E-state index contributed by atoms with van der Waals surface area (Å²) in [5, 5.41) is 3.25. The molecule has 1 aromatic rings. The highest BCUT2D eigenvalue weighted by Gasteiger charge is 2.17. The predicted molar refractivity (Wildman–Crippen MR) is 50.2 cm³/mol. The number of anilines is 1. The van der Waals surface area contributed by atoms with Gasteiger partial charge in [0.25, 0.3) is 0 Å². The largest absolute Gasteiger partial charge is 0.377 e. The smallest absolute Gasteiger partial charge is 0.127 e. The summed E-state index contributed by atoms with van der Waals surface area (Å²) in [6.45, 7) is 1.57. The van der Waals surface area contributed by atoms with Crippen LogP contribution in [0.3, 0.4) is 0 Å². The van der Waals surface area contributed by atoms with Crippen molar-refractivity contribution in [2.75, 3.05) is 18.5 Å². The topological polar surface area (TPSA) is 34.2 Å². The highest BCUT2D eigenvalue weighted by atomic mass is 79.9. The van der Waals surface area contributed by atoms with Crippen molar-refractivity contribution in [2.24, 2.45) is 0 Å². The number of halogens is 1. The Kier molecular flexibility index (Phi) is 2.28. The van der Waals surface area contributed by atoms with Crippen LogP contribution in [-0.2, 0) is 4.74 Å². The highest BCUT2D eigenvalue weighted by Crippen LogP contribution is 2.15. The zero-order valence-electron chi connectivity index (χ0n) is 6.46. The summed E-state index contributed by atoms with van der Waals surface area (Å²) in [5.41, 5.74) is 0. The molecule has 1 aromatic heterocycles. The summed E-state index contributed by atoms with van der Waals surface area (Å²) in [6.07, 6.45) is 1.77. The van der Waals surface area contributed by atoms with Gasteiger partial charge in [-0.1, -0.05) is 15.9 Å². The third-order valence-electron chi connectivity index (χ3n) is 1.71. The van der Waals surface area contributed by atoms with Gasteiger partial charge in [-0.15, -0.1) is 0 Å². The molecule has 0 unspecified atom stereocenters. The van der Waals surface area contributed by atoms with E-state index in [1.807, 2.05) is 12.1 Å². The molecule has 0 amide bonds. The Morgan fingerprint density at radius 2 is 2.42 bits per heavy atom. The van der Waals surface area contributed by atoms with E-state index >= 15 is 0 Å². The minimum atomic E-state index is 0.437. The molecule has 1 N–H and O–H groups in total. The van der Waals surface area contributed by atoms with Crippen molar-refractivity contribution in [1.82, 2.24) is 4.98 Å². The van der Waals surface area contributed by atoms with Gasteiger partial charge in [-0.05, 0) is 12.1 Å². The molecular formula is C8H9BrN2O. The van der Waals surface area contributed by atoms with E-state index in [9.17, 15) is 0 Å². The van der Waals surface area contributed by atoms with Crippen molar-refractivity contribution in [3.8, 4) is 0 Å². The van der Waals surface area contributed by atoms with Crippen molar-refractivity contribution in [3.05, 3.63) is 22.8 Å². The van der Waals surface area contributed by atoms with E-state index < -0.39 is 0 Å². The zero-order valence-corrected chi connectivity index (χ0v) is 8.04. The average Bonchev–Trinajstić information content (AvgIpc) is 1.97. The van der Waals surface area contributed by atoms with Crippen LogP contribution < -0.4 is 5.32 Å². The van der Waals surface area contributed by atoms with E-state index in [1.165, 1.54) is 0 Å². The normalized spacial score (nSPS) is 17.1. The zero-order chi connectivity index (χ0) is 8.39.